The smallest absolute Gasteiger partial charge is 0.340 e. The van der Waals surface area contributed by atoms with Crippen molar-refractivity contribution in [3.63, 3.8) is 0 Å². The van der Waals surface area contributed by atoms with Crippen LogP contribution in [-0.2, 0) is 15.1 Å². The minimum absolute atomic E-state index is 0.108. The van der Waals surface area contributed by atoms with Gasteiger partial charge in [0.25, 0.3) is 0 Å². The van der Waals surface area contributed by atoms with Gasteiger partial charge in [0, 0.05) is 28.8 Å². The van der Waals surface area contributed by atoms with E-state index in [2.05, 4.69) is 0 Å². The van der Waals surface area contributed by atoms with Gasteiger partial charge in [-0.2, -0.15) is 0 Å². The number of carbonyl (C=O) groups excluding carboxylic acids is 2. The van der Waals surface area contributed by atoms with Crippen LogP contribution in [0.2, 0.25) is 0 Å². The summed E-state index contributed by atoms with van der Waals surface area (Å²) in [4.78, 5) is 24.7. The topological polar surface area (TPSA) is 113 Å². The average Bonchev–Trinajstić information content (AvgIpc) is 2.95. The van der Waals surface area contributed by atoms with Gasteiger partial charge in [0.1, 0.15) is 17.6 Å². The molecule has 2 aliphatic heterocycles. The van der Waals surface area contributed by atoms with Gasteiger partial charge in [-0.05, 0) is 19.1 Å². The molecule has 2 aromatic rings. The number of ether oxygens (including phenoxy) is 2. The first kappa shape index (κ1) is 16.6. The van der Waals surface area contributed by atoms with Gasteiger partial charge in [-0.3, -0.25) is 4.79 Å². The van der Waals surface area contributed by atoms with E-state index in [1.807, 2.05) is 0 Å². The number of carbonyl (C=O) groups is 2. The zero-order valence-corrected chi connectivity index (χ0v) is 14.6. The van der Waals surface area contributed by atoms with Crippen LogP contribution in [0.4, 0.5) is 0 Å². The second-order valence-electron chi connectivity index (χ2n) is 6.90. The van der Waals surface area contributed by atoms with Gasteiger partial charge in [-0.1, -0.05) is 18.2 Å². The van der Waals surface area contributed by atoms with E-state index < -0.39 is 29.2 Å². The average molecular weight is 378 g/mol. The SMILES string of the molecule is Cc1c(O)c(O)cc2c1C1(OC(=O)c3ccccc31)C1=CC(O)C(=O)C=C1O2. The molecule has 5 rings (SSSR count). The van der Waals surface area contributed by atoms with Gasteiger partial charge >= 0.3 is 5.97 Å². The maximum absolute atomic E-state index is 12.7. The molecule has 0 saturated carbocycles. The van der Waals surface area contributed by atoms with E-state index in [1.54, 1.807) is 31.2 Å². The fourth-order valence-electron chi connectivity index (χ4n) is 4.12. The molecule has 3 N–H and O–H groups in total. The van der Waals surface area contributed by atoms with Crippen LogP contribution < -0.4 is 4.74 Å². The number of hydrogen-bond donors (Lipinski definition) is 3. The Bertz CT molecular complexity index is 1160. The summed E-state index contributed by atoms with van der Waals surface area (Å²) in [6.07, 6.45) is 1.01. The molecule has 7 nitrogen and oxygen atoms in total. The molecule has 0 aromatic heterocycles. The third-order valence-electron chi connectivity index (χ3n) is 5.37. The van der Waals surface area contributed by atoms with Gasteiger partial charge in [-0.15, -0.1) is 0 Å². The van der Waals surface area contributed by atoms with Crippen molar-refractivity contribution in [1.29, 1.82) is 0 Å². The van der Waals surface area contributed by atoms with Gasteiger partial charge in [0.2, 0.25) is 0 Å². The molecular formula is C21H14O7. The first-order valence-corrected chi connectivity index (χ1v) is 8.57. The van der Waals surface area contributed by atoms with Crippen molar-refractivity contribution in [2.75, 3.05) is 0 Å². The Morgan fingerprint density at radius 1 is 1.14 bits per heavy atom. The number of ketones is 1. The third kappa shape index (κ3) is 1.86. The number of phenols is 2. The molecule has 0 saturated heterocycles. The second kappa shape index (κ2) is 5.24. The zero-order valence-electron chi connectivity index (χ0n) is 14.6. The van der Waals surface area contributed by atoms with E-state index in [0.717, 1.165) is 6.08 Å². The molecule has 0 radical (unpaired) electrons. The van der Waals surface area contributed by atoms with Crippen LogP contribution in [-0.4, -0.2) is 33.2 Å². The van der Waals surface area contributed by atoms with Crippen molar-refractivity contribution in [2.45, 2.75) is 18.6 Å². The van der Waals surface area contributed by atoms with Crippen LogP contribution in [0.1, 0.15) is 27.0 Å². The van der Waals surface area contributed by atoms with Crippen molar-refractivity contribution in [1.82, 2.24) is 0 Å². The Balaban J connectivity index is 1.94. The summed E-state index contributed by atoms with van der Waals surface area (Å²) in [5.74, 6) is -1.68. The molecule has 7 heteroatoms. The minimum atomic E-state index is -1.52. The maximum atomic E-state index is 12.7. The predicted octanol–water partition coefficient (Wildman–Crippen LogP) is 1.97. The predicted molar refractivity (Wildman–Crippen MR) is 95.0 cm³/mol. The summed E-state index contributed by atoms with van der Waals surface area (Å²) < 4.78 is 11.7. The van der Waals surface area contributed by atoms with E-state index in [9.17, 15) is 24.9 Å². The fourth-order valence-corrected chi connectivity index (χ4v) is 4.12. The molecule has 2 heterocycles. The third-order valence-corrected chi connectivity index (χ3v) is 5.37. The van der Waals surface area contributed by atoms with Crippen molar-refractivity contribution < 1.29 is 34.4 Å². The molecule has 2 aromatic carbocycles. The number of aliphatic hydroxyl groups is 1. The summed E-state index contributed by atoms with van der Waals surface area (Å²) in [6.45, 7) is 1.56. The molecule has 2 atom stereocenters. The van der Waals surface area contributed by atoms with Crippen molar-refractivity contribution >= 4 is 11.8 Å². The molecular weight excluding hydrogens is 364 g/mol. The number of hydrogen-bond acceptors (Lipinski definition) is 7. The van der Waals surface area contributed by atoms with Gasteiger partial charge in [-0.25, -0.2) is 4.79 Å². The van der Waals surface area contributed by atoms with Crippen LogP contribution in [0.5, 0.6) is 17.2 Å². The van der Waals surface area contributed by atoms with Gasteiger partial charge < -0.3 is 24.8 Å². The maximum Gasteiger partial charge on any atom is 0.340 e. The number of esters is 1. The Hall–Kier alpha value is -3.58. The molecule has 1 spiro atoms. The highest BCUT2D eigenvalue weighted by atomic mass is 16.6. The number of aromatic hydroxyl groups is 2. The summed E-state index contributed by atoms with van der Waals surface area (Å²) in [6, 6.07) is 7.97. The monoisotopic (exact) mass is 378 g/mol. The highest BCUT2D eigenvalue weighted by Crippen LogP contribution is 2.58. The van der Waals surface area contributed by atoms with E-state index >= 15 is 0 Å². The molecule has 1 aliphatic carbocycles. The second-order valence-corrected chi connectivity index (χ2v) is 6.90. The van der Waals surface area contributed by atoms with E-state index in [-0.39, 0.29) is 22.8 Å². The van der Waals surface area contributed by atoms with Crippen LogP contribution in [0, 0.1) is 6.92 Å². The lowest BCUT2D eigenvalue weighted by Gasteiger charge is -2.40. The molecule has 140 valence electrons. The van der Waals surface area contributed by atoms with Crippen molar-refractivity contribution in [3.05, 3.63) is 76.1 Å². The first-order valence-electron chi connectivity index (χ1n) is 8.57. The number of rotatable bonds is 0. The number of phenolic OH excluding ortho intramolecular Hbond substituents is 2. The molecule has 0 fully saturated rings. The van der Waals surface area contributed by atoms with Crippen molar-refractivity contribution in [2.24, 2.45) is 0 Å². The van der Waals surface area contributed by atoms with Gasteiger partial charge in [0.05, 0.1) is 11.1 Å². The number of fused-ring (bicyclic) bond motifs is 6. The molecule has 0 amide bonds. The van der Waals surface area contributed by atoms with E-state index in [1.165, 1.54) is 12.1 Å². The highest BCUT2D eigenvalue weighted by molar-refractivity contribution is 6.00. The highest BCUT2D eigenvalue weighted by Gasteiger charge is 2.57. The standard InChI is InChI=1S/C21H14O7/c1-9-18-17(8-15(24)19(9)25)27-16-7-14(23)13(22)6-12(16)21(18)11-5-3-2-4-10(11)20(26)28-21/h2-8,13,22,24-25H,1H3. The van der Waals surface area contributed by atoms with Gasteiger partial charge in [0.15, 0.2) is 22.9 Å². The lowest BCUT2D eigenvalue weighted by molar-refractivity contribution is -0.120. The summed E-state index contributed by atoms with van der Waals surface area (Å²) in [7, 11) is 0. The van der Waals surface area contributed by atoms with Crippen LogP contribution >= 0.6 is 0 Å². The lowest BCUT2D eigenvalue weighted by atomic mass is 9.73. The zero-order chi connectivity index (χ0) is 19.8. The number of benzene rings is 2. The van der Waals surface area contributed by atoms with E-state index in [4.69, 9.17) is 9.47 Å². The normalized spacial score (nSPS) is 24.6. The Kier molecular flexibility index (Phi) is 3.10. The molecule has 3 aliphatic rings. The summed E-state index contributed by atoms with van der Waals surface area (Å²) in [5, 5.41) is 30.5. The van der Waals surface area contributed by atoms with Crippen LogP contribution in [0.3, 0.4) is 0 Å². The number of aliphatic hydroxyl groups excluding tert-OH is 1. The molecule has 28 heavy (non-hydrogen) atoms. The fraction of sp³-hybridized carbons (Fsp3) is 0.143. The Morgan fingerprint density at radius 2 is 1.89 bits per heavy atom. The lowest BCUT2D eigenvalue weighted by Crippen LogP contribution is -2.40. The summed E-state index contributed by atoms with van der Waals surface area (Å²) >= 11 is 0. The largest absolute Gasteiger partial charge is 0.504 e. The van der Waals surface area contributed by atoms with Crippen molar-refractivity contribution in [3.8, 4) is 17.2 Å². The Morgan fingerprint density at radius 3 is 2.68 bits per heavy atom. The van der Waals surface area contributed by atoms with Crippen LogP contribution in [0.25, 0.3) is 0 Å². The minimum Gasteiger partial charge on any atom is -0.504 e. The van der Waals surface area contributed by atoms with E-state index in [0.29, 0.717) is 22.3 Å². The first-order chi connectivity index (χ1) is 13.3. The molecule has 0 bridgehead atoms. The Labute approximate surface area is 158 Å². The van der Waals surface area contributed by atoms with Crippen LogP contribution in [0.15, 0.2) is 53.8 Å². The molecule has 2 unspecified atom stereocenters. The summed E-state index contributed by atoms with van der Waals surface area (Å²) in [5.41, 5.74) is 0.171. The quantitative estimate of drug-likeness (QED) is 0.474.